The van der Waals surface area contributed by atoms with E-state index < -0.39 is 0 Å². The van der Waals surface area contributed by atoms with E-state index in [4.69, 9.17) is 11.5 Å². The van der Waals surface area contributed by atoms with Crippen molar-refractivity contribution < 1.29 is 0 Å². The molecule has 0 radical (unpaired) electrons. The van der Waals surface area contributed by atoms with Gasteiger partial charge in [0.25, 0.3) is 0 Å². The van der Waals surface area contributed by atoms with Crippen LogP contribution in [0.15, 0.2) is 4.99 Å². The molecule has 0 amide bonds. The lowest BCUT2D eigenvalue weighted by molar-refractivity contribution is 0.411. The highest BCUT2D eigenvalue weighted by atomic mass is 15.2. The minimum atomic E-state index is 0.209. The first-order valence-corrected chi connectivity index (χ1v) is 4.46. The molecule has 0 saturated carbocycles. The first-order valence-electron chi connectivity index (χ1n) is 4.46. The number of guanidine groups is 1. The van der Waals surface area contributed by atoms with Crippen molar-refractivity contribution in [3.05, 3.63) is 0 Å². The molecule has 1 unspecified atom stereocenters. The molecule has 0 aromatic rings. The van der Waals surface area contributed by atoms with E-state index in [0.717, 1.165) is 19.5 Å². The molecule has 1 aliphatic heterocycles. The Kier molecular flexibility index (Phi) is 5.45. The Morgan fingerprint density at radius 2 is 2.00 bits per heavy atom. The van der Waals surface area contributed by atoms with Crippen LogP contribution in [0.4, 0.5) is 0 Å². The number of nitrogens with zero attached hydrogens (tertiary/aromatic N) is 2. The Morgan fingerprint density at radius 3 is 2.33 bits per heavy atom. The molecule has 1 aliphatic rings. The van der Waals surface area contributed by atoms with Crippen LogP contribution in [-0.4, -0.2) is 37.0 Å². The maximum atomic E-state index is 5.23. The molecule has 1 fully saturated rings. The lowest BCUT2D eigenvalue weighted by Crippen LogP contribution is -2.26. The Bertz CT molecular complexity index is 140. The second kappa shape index (κ2) is 5.83. The van der Waals surface area contributed by atoms with Crippen LogP contribution in [0, 0.1) is 0 Å². The van der Waals surface area contributed by atoms with Gasteiger partial charge < -0.3 is 16.4 Å². The van der Waals surface area contributed by atoms with Crippen LogP contribution in [-0.2, 0) is 0 Å². The highest BCUT2D eigenvalue weighted by Crippen LogP contribution is 2.08. The third kappa shape index (κ3) is 4.18. The van der Waals surface area contributed by atoms with Crippen molar-refractivity contribution in [2.24, 2.45) is 16.5 Å². The molecule has 1 atom stereocenters. The van der Waals surface area contributed by atoms with E-state index in [1.807, 2.05) is 13.8 Å². The van der Waals surface area contributed by atoms with Gasteiger partial charge in [-0.15, -0.1) is 0 Å². The first kappa shape index (κ1) is 11.2. The molecule has 4 nitrogen and oxygen atoms in total. The zero-order valence-electron chi connectivity index (χ0n) is 8.25. The monoisotopic (exact) mass is 172 g/mol. The van der Waals surface area contributed by atoms with Gasteiger partial charge in [-0.05, 0) is 20.0 Å². The Hall–Kier alpha value is -0.770. The molecule has 1 saturated heterocycles. The molecule has 4 heteroatoms. The molecule has 0 bridgehead atoms. The average molecular weight is 172 g/mol. The van der Waals surface area contributed by atoms with Crippen molar-refractivity contribution in [3.63, 3.8) is 0 Å². The molecule has 1 heterocycles. The highest BCUT2D eigenvalue weighted by Gasteiger charge is 2.17. The minimum Gasteiger partial charge on any atom is -0.370 e. The van der Waals surface area contributed by atoms with E-state index in [-0.39, 0.29) is 5.96 Å². The van der Waals surface area contributed by atoms with Gasteiger partial charge in [-0.1, -0.05) is 13.8 Å². The number of hydrogen-bond acceptors (Lipinski definition) is 2. The summed E-state index contributed by atoms with van der Waals surface area (Å²) >= 11 is 0. The molecule has 1 rings (SSSR count). The molecule has 0 aromatic heterocycles. The smallest absolute Gasteiger partial charge is 0.186 e. The van der Waals surface area contributed by atoms with E-state index >= 15 is 0 Å². The van der Waals surface area contributed by atoms with Gasteiger partial charge in [-0.2, -0.15) is 0 Å². The summed E-state index contributed by atoms with van der Waals surface area (Å²) in [5.41, 5.74) is 10.5. The highest BCUT2D eigenvalue weighted by molar-refractivity contribution is 5.75. The summed E-state index contributed by atoms with van der Waals surface area (Å²) in [6, 6.07) is 0.329. The van der Waals surface area contributed by atoms with Gasteiger partial charge in [0.05, 0.1) is 6.04 Å². The summed E-state index contributed by atoms with van der Waals surface area (Å²) in [6.07, 6.45) is 1.08. The van der Waals surface area contributed by atoms with Crippen LogP contribution in [0.25, 0.3) is 0 Å². The lowest BCUT2D eigenvalue weighted by atomic mass is 10.3. The Morgan fingerprint density at radius 1 is 1.42 bits per heavy atom. The number of likely N-dealkylation sites (tertiary alicyclic amines) is 1. The normalized spacial score (nSPS) is 22.8. The van der Waals surface area contributed by atoms with E-state index in [1.54, 1.807) is 0 Å². The number of likely N-dealkylation sites (N-methyl/N-ethyl adjacent to an activating group) is 1. The van der Waals surface area contributed by atoms with E-state index in [0.29, 0.717) is 6.04 Å². The summed E-state index contributed by atoms with van der Waals surface area (Å²) in [5, 5.41) is 0. The van der Waals surface area contributed by atoms with E-state index in [2.05, 4.69) is 16.9 Å². The standard InChI is InChI=1S/C6H14N4.C2H6/c1-10-3-2-5(4-10)9-6(7)8;1-2/h5H,2-4H2,1H3,(H4,7,8,9);1-2H3. The van der Waals surface area contributed by atoms with Gasteiger partial charge in [-0.25, -0.2) is 4.99 Å². The first-order chi connectivity index (χ1) is 5.68. The van der Waals surface area contributed by atoms with Crippen LogP contribution in [0.3, 0.4) is 0 Å². The Labute approximate surface area is 74.6 Å². The van der Waals surface area contributed by atoms with Gasteiger partial charge in [0.15, 0.2) is 5.96 Å². The molecule has 12 heavy (non-hydrogen) atoms. The maximum absolute atomic E-state index is 5.23. The topological polar surface area (TPSA) is 67.6 Å². The fourth-order valence-electron chi connectivity index (χ4n) is 1.23. The number of aliphatic imine (C=N–C) groups is 1. The predicted molar refractivity (Wildman–Crippen MR) is 53.1 cm³/mol. The number of nitrogens with two attached hydrogens (primary N) is 2. The molecular formula is C8H20N4. The number of hydrogen-bond donors (Lipinski definition) is 2. The summed E-state index contributed by atoms with van der Waals surface area (Å²) in [5.74, 6) is 0.209. The number of rotatable bonds is 1. The second-order valence-electron chi connectivity index (χ2n) is 2.76. The van der Waals surface area contributed by atoms with Crippen LogP contribution in [0.1, 0.15) is 20.3 Å². The van der Waals surface area contributed by atoms with E-state index in [9.17, 15) is 0 Å². The zero-order chi connectivity index (χ0) is 9.56. The summed E-state index contributed by atoms with van der Waals surface area (Å²) in [7, 11) is 2.07. The molecule has 0 spiro atoms. The van der Waals surface area contributed by atoms with Gasteiger partial charge in [0.1, 0.15) is 0 Å². The van der Waals surface area contributed by atoms with Crippen molar-refractivity contribution in [2.75, 3.05) is 20.1 Å². The van der Waals surface area contributed by atoms with Crippen molar-refractivity contribution in [2.45, 2.75) is 26.3 Å². The van der Waals surface area contributed by atoms with E-state index in [1.165, 1.54) is 0 Å². The van der Waals surface area contributed by atoms with Crippen LogP contribution in [0.5, 0.6) is 0 Å². The summed E-state index contributed by atoms with van der Waals surface area (Å²) in [6.45, 7) is 6.08. The Balaban J connectivity index is 0.000000561. The van der Waals surface area contributed by atoms with Gasteiger partial charge in [0.2, 0.25) is 0 Å². The largest absolute Gasteiger partial charge is 0.370 e. The quantitative estimate of drug-likeness (QED) is 0.432. The molecule has 0 aliphatic carbocycles. The lowest BCUT2D eigenvalue weighted by Gasteiger charge is -2.05. The minimum absolute atomic E-state index is 0.209. The van der Waals surface area contributed by atoms with Crippen molar-refractivity contribution in [1.82, 2.24) is 4.90 Å². The van der Waals surface area contributed by atoms with Gasteiger partial charge in [-0.3, -0.25) is 0 Å². The maximum Gasteiger partial charge on any atom is 0.186 e. The fourth-order valence-corrected chi connectivity index (χ4v) is 1.23. The van der Waals surface area contributed by atoms with Gasteiger partial charge in [0, 0.05) is 6.54 Å². The van der Waals surface area contributed by atoms with Crippen LogP contribution < -0.4 is 11.5 Å². The average Bonchev–Trinajstić information content (AvgIpc) is 2.39. The second-order valence-corrected chi connectivity index (χ2v) is 2.76. The SMILES string of the molecule is CC.CN1CCC(N=C(N)N)C1. The predicted octanol–water partition coefficient (Wildman–Crippen LogP) is -0.00990. The summed E-state index contributed by atoms with van der Waals surface area (Å²) < 4.78 is 0. The van der Waals surface area contributed by atoms with Crippen molar-refractivity contribution in [1.29, 1.82) is 0 Å². The molecule has 72 valence electrons. The zero-order valence-corrected chi connectivity index (χ0v) is 8.25. The van der Waals surface area contributed by atoms with Crippen LogP contribution >= 0.6 is 0 Å². The third-order valence-corrected chi connectivity index (χ3v) is 1.70. The molecular weight excluding hydrogens is 152 g/mol. The fraction of sp³-hybridized carbons (Fsp3) is 0.875. The summed E-state index contributed by atoms with van der Waals surface area (Å²) in [4.78, 5) is 6.28. The van der Waals surface area contributed by atoms with Crippen molar-refractivity contribution in [3.8, 4) is 0 Å². The van der Waals surface area contributed by atoms with Crippen molar-refractivity contribution >= 4 is 5.96 Å². The molecule has 4 N–H and O–H groups in total. The van der Waals surface area contributed by atoms with Gasteiger partial charge >= 0.3 is 0 Å². The van der Waals surface area contributed by atoms with Crippen LogP contribution in [0.2, 0.25) is 0 Å². The molecule has 0 aromatic carbocycles. The third-order valence-electron chi connectivity index (χ3n) is 1.70.